The van der Waals surface area contributed by atoms with Crippen molar-refractivity contribution >= 4 is 0 Å². The summed E-state index contributed by atoms with van der Waals surface area (Å²) in [6, 6.07) is 10.9. The lowest BCUT2D eigenvalue weighted by Gasteiger charge is -2.22. The maximum atomic E-state index is 2.34. The molecule has 1 aromatic rings. The largest absolute Gasteiger partial charge is 0.0776 e. The third-order valence-corrected chi connectivity index (χ3v) is 4.19. The third kappa shape index (κ3) is 3.96. The molecular weight excluding hydrogens is 240 g/mol. The smallest absolute Gasteiger partial charge is 0.00498 e. The lowest BCUT2D eigenvalue weighted by atomic mass is 9.83. The van der Waals surface area contributed by atoms with E-state index in [-0.39, 0.29) is 0 Å². The summed E-state index contributed by atoms with van der Waals surface area (Å²) in [5.74, 6) is 1.84. The SMILES string of the molecule is CCC1C=CC=C(CC(c2ccccc2)C(C)C)C=C1. The second kappa shape index (κ2) is 7.28. The van der Waals surface area contributed by atoms with E-state index in [2.05, 4.69) is 81.5 Å². The molecule has 0 amide bonds. The number of hydrogen-bond acceptors (Lipinski definition) is 0. The highest BCUT2D eigenvalue weighted by Gasteiger charge is 2.16. The molecule has 0 saturated carbocycles. The van der Waals surface area contributed by atoms with Crippen molar-refractivity contribution in [2.45, 2.75) is 39.5 Å². The molecule has 1 aromatic carbocycles. The molecule has 2 atom stereocenters. The van der Waals surface area contributed by atoms with Crippen molar-refractivity contribution < 1.29 is 0 Å². The molecule has 0 saturated heterocycles. The summed E-state index contributed by atoms with van der Waals surface area (Å²) in [6.07, 6.45) is 13.8. The van der Waals surface area contributed by atoms with Gasteiger partial charge in [0, 0.05) is 0 Å². The van der Waals surface area contributed by atoms with Gasteiger partial charge < -0.3 is 0 Å². The second-order valence-corrected chi connectivity index (χ2v) is 6.02. The molecule has 0 nitrogen and oxygen atoms in total. The van der Waals surface area contributed by atoms with Crippen LogP contribution < -0.4 is 0 Å². The van der Waals surface area contributed by atoms with E-state index >= 15 is 0 Å². The predicted octanol–water partition coefficient (Wildman–Crippen LogP) is 5.89. The van der Waals surface area contributed by atoms with Crippen molar-refractivity contribution in [2.75, 3.05) is 0 Å². The van der Waals surface area contributed by atoms with Gasteiger partial charge in [0.2, 0.25) is 0 Å². The normalized spacial score (nSPS) is 19.8. The van der Waals surface area contributed by atoms with Gasteiger partial charge in [0.05, 0.1) is 0 Å². The molecule has 0 heterocycles. The Kier molecular flexibility index (Phi) is 5.40. The average Bonchev–Trinajstić information content (AvgIpc) is 2.70. The Balaban J connectivity index is 2.14. The van der Waals surface area contributed by atoms with Crippen molar-refractivity contribution in [3.05, 3.63) is 71.8 Å². The Bertz CT molecular complexity index is 488. The monoisotopic (exact) mass is 266 g/mol. The standard InChI is InChI=1S/C20H26/c1-4-17-9-8-10-18(14-13-17)15-20(16(2)3)19-11-6-5-7-12-19/h5-14,16-17,20H,4,15H2,1-3H3. The minimum absolute atomic E-state index is 0.595. The molecule has 0 N–H and O–H groups in total. The molecule has 1 aliphatic rings. The summed E-state index contributed by atoms with van der Waals surface area (Å²) in [6.45, 7) is 6.89. The fourth-order valence-electron chi connectivity index (χ4n) is 2.79. The lowest BCUT2D eigenvalue weighted by Crippen LogP contribution is -2.07. The first kappa shape index (κ1) is 14.8. The highest BCUT2D eigenvalue weighted by Crippen LogP contribution is 2.32. The van der Waals surface area contributed by atoms with E-state index in [0.29, 0.717) is 17.8 Å². The maximum absolute atomic E-state index is 2.34. The molecule has 2 unspecified atom stereocenters. The van der Waals surface area contributed by atoms with Gasteiger partial charge in [-0.25, -0.2) is 0 Å². The summed E-state index contributed by atoms with van der Waals surface area (Å²) in [7, 11) is 0. The number of benzene rings is 1. The van der Waals surface area contributed by atoms with Crippen LogP contribution in [0.3, 0.4) is 0 Å². The zero-order valence-corrected chi connectivity index (χ0v) is 12.9. The van der Waals surface area contributed by atoms with E-state index in [1.807, 2.05) is 0 Å². The van der Waals surface area contributed by atoms with Crippen molar-refractivity contribution in [2.24, 2.45) is 11.8 Å². The molecule has 0 bridgehead atoms. The van der Waals surface area contributed by atoms with Crippen LogP contribution in [0.1, 0.15) is 45.1 Å². The van der Waals surface area contributed by atoms with Crippen LogP contribution in [0.15, 0.2) is 66.3 Å². The lowest BCUT2D eigenvalue weighted by molar-refractivity contribution is 0.497. The van der Waals surface area contributed by atoms with Gasteiger partial charge in [0.1, 0.15) is 0 Å². The van der Waals surface area contributed by atoms with Gasteiger partial charge >= 0.3 is 0 Å². The zero-order valence-electron chi connectivity index (χ0n) is 12.9. The van der Waals surface area contributed by atoms with Gasteiger partial charge in [-0.1, -0.05) is 81.5 Å². The topological polar surface area (TPSA) is 0 Å². The Morgan fingerprint density at radius 2 is 1.80 bits per heavy atom. The van der Waals surface area contributed by atoms with Gasteiger partial charge in [-0.3, -0.25) is 0 Å². The summed E-state index contributed by atoms with van der Waals surface area (Å²) >= 11 is 0. The Labute approximate surface area is 123 Å². The second-order valence-electron chi connectivity index (χ2n) is 6.02. The first-order chi connectivity index (χ1) is 9.70. The van der Waals surface area contributed by atoms with E-state index in [9.17, 15) is 0 Å². The zero-order chi connectivity index (χ0) is 14.4. The van der Waals surface area contributed by atoms with E-state index in [1.165, 1.54) is 17.6 Å². The van der Waals surface area contributed by atoms with Crippen LogP contribution in [0.2, 0.25) is 0 Å². The molecule has 0 aromatic heterocycles. The quantitative estimate of drug-likeness (QED) is 0.623. The molecule has 0 spiro atoms. The minimum Gasteiger partial charge on any atom is -0.0776 e. The fraction of sp³-hybridized carbons (Fsp3) is 0.400. The van der Waals surface area contributed by atoms with Gasteiger partial charge in [0.25, 0.3) is 0 Å². The van der Waals surface area contributed by atoms with Gasteiger partial charge in [-0.15, -0.1) is 0 Å². The molecule has 2 rings (SSSR count). The first-order valence-electron chi connectivity index (χ1n) is 7.81. The van der Waals surface area contributed by atoms with Crippen molar-refractivity contribution in [1.29, 1.82) is 0 Å². The summed E-state index contributed by atoms with van der Waals surface area (Å²) in [4.78, 5) is 0. The molecule has 106 valence electrons. The van der Waals surface area contributed by atoms with E-state index in [0.717, 1.165) is 6.42 Å². The first-order valence-corrected chi connectivity index (χ1v) is 7.81. The molecule has 0 heteroatoms. The minimum atomic E-state index is 0.595. The third-order valence-electron chi connectivity index (χ3n) is 4.19. The van der Waals surface area contributed by atoms with Crippen molar-refractivity contribution in [3.8, 4) is 0 Å². The molecule has 1 aliphatic carbocycles. The Morgan fingerprint density at radius 1 is 1.05 bits per heavy atom. The molecule has 0 radical (unpaired) electrons. The highest BCUT2D eigenvalue weighted by molar-refractivity contribution is 5.32. The Hall–Kier alpha value is -1.56. The van der Waals surface area contributed by atoms with Crippen LogP contribution in [0.5, 0.6) is 0 Å². The number of hydrogen-bond donors (Lipinski definition) is 0. The predicted molar refractivity (Wildman–Crippen MR) is 88.8 cm³/mol. The average molecular weight is 266 g/mol. The van der Waals surface area contributed by atoms with E-state index < -0.39 is 0 Å². The van der Waals surface area contributed by atoms with Crippen molar-refractivity contribution in [3.63, 3.8) is 0 Å². The van der Waals surface area contributed by atoms with Gasteiger partial charge in [0.15, 0.2) is 0 Å². The van der Waals surface area contributed by atoms with Gasteiger partial charge in [-0.2, -0.15) is 0 Å². The fourth-order valence-corrected chi connectivity index (χ4v) is 2.79. The van der Waals surface area contributed by atoms with Crippen LogP contribution >= 0.6 is 0 Å². The number of rotatable bonds is 5. The maximum Gasteiger partial charge on any atom is -0.00498 e. The molecule has 20 heavy (non-hydrogen) atoms. The van der Waals surface area contributed by atoms with Crippen molar-refractivity contribution in [1.82, 2.24) is 0 Å². The molecule has 0 fully saturated rings. The summed E-state index contributed by atoms with van der Waals surface area (Å²) < 4.78 is 0. The molecule has 0 aliphatic heterocycles. The molecular formula is C20H26. The number of allylic oxidation sites excluding steroid dienone is 6. The van der Waals surface area contributed by atoms with Crippen LogP contribution in [0.4, 0.5) is 0 Å². The van der Waals surface area contributed by atoms with Crippen LogP contribution in [0.25, 0.3) is 0 Å². The van der Waals surface area contributed by atoms with E-state index in [4.69, 9.17) is 0 Å². The Morgan fingerprint density at radius 3 is 2.45 bits per heavy atom. The summed E-state index contributed by atoms with van der Waals surface area (Å²) in [5.41, 5.74) is 2.90. The van der Waals surface area contributed by atoms with Gasteiger partial charge in [-0.05, 0) is 41.7 Å². The highest BCUT2D eigenvalue weighted by atomic mass is 14.2. The van der Waals surface area contributed by atoms with Crippen LogP contribution in [-0.2, 0) is 0 Å². The summed E-state index contributed by atoms with van der Waals surface area (Å²) in [5, 5.41) is 0. The van der Waals surface area contributed by atoms with Crippen LogP contribution in [-0.4, -0.2) is 0 Å². The van der Waals surface area contributed by atoms with Crippen LogP contribution in [0, 0.1) is 11.8 Å². The van der Waals surface area contributed by atoms with E-state index in [1.54, 1.807) is 0 Å².